The number of halogens is 5. The second kappa shape index (κ2) is 12.1. The summed E-state index contributed by atoms with van der Waals surface area (Å²) in [7, 11) is -2.54. The number of ether oxygens (including phenoxy) is 1. The summed E-state index contributed by atoms with van der Waals surface area (Å²) in [4.78, 5) is 14.7. The smallest absolute Gasteiger partial charge is 0.383 e. The molecule has 1 amide bonds. The number of piperidine rings is 2. The molecule has 0 unspecified atom stereocenters. The molecule has 2 heterocycles. The van der Waals surface area contributed by atoms with Crippen molar-refractivity contribution < 1.29 is 45.1 Å². The highest BCUT2D eigenvalue weighted by Crippen LogP contribution is 2.40. The lowest BCUT2D eigenvalue weighted by molar-refractivity contribution is -0.284. The average Bonchev–Trinajstić information content (AvgIpc) is 2.90. The number of nitrogens with zero attached hydrogens (tertiary/aromatic N) is 2. The number of nitrogens with one attached hydrogen (secondary N) is 1. The summed E-state index contributed by atoms with van der Waals surface area (Å²) >= 11 is 0. The molecule has 3 rings (SSSR count). The lowest BCUT2D eigenvalue weighted by atomic mass is 9.89. The number of rotatable bonds is 10. The van der Waals surface area contributed by atoms with Crippen molar-refractivity contribution in [1.29, 1.82) is 0 Å². The van der Waals surface area contributed by atoms with Crippen LogP contribution in [0.1, 0.15) is 49.1 Å². The predicted molar refractivity (Wildman–Crippen MR) is 128 cm³/mol. The Morgan fingerprint density at radius 1 is 1.08 bits per heavy atom. The minimum Gasteiger partial charge on any atom is -0.383 e. The zero-order chi connectivity index (χ0) is 28.2. The molecule has 0 spiro atoms. The van der Waals surface area contributed by atoms with Crippen molar-refractivity contribution in [3.63, 3.8) is 0 Å². The summed E-state index contributed by atoms with van der Waals surface area (Å²) in [6, 6.07) is 6.38. The van der Waals surface area contributed by atoms with Crippen molar-refractivity contribution in [3.05, 3.63) is 35.4 Å². The Morgan fingerprint density at radius 2 is 1.66 bits per heavy atom. The van der Waals surface area contributed by atoms with Crippen molar-refractivity contribution in [2.45, 2.75) is 61.3 Å². The maximum atomic E-state index is 13.7. The van der Waals surface area contributed by atoms with Crippen LogP contribution in [0.25, 0.3) is 0 Å². The van der Waals surface area contributed by atoms with Gasteiger partial charge in [-0.2, -0.15) is 22.0 Å². The Balaban J connectivity index is 1.62. The van der Waals surface area contributed by atoms with Crippen LogP contribution in [0.15, 0.2) is 24.3 Å². The normalized spacial score (nSPS) is 20.4. The van der Waals surface area contributed by atoms with E-state index < -0.39 is 45.6 Å². The lowest BCUT2D eigenvalue weighted by Crippen LogP contribution is -2.62. The zero-order valence-electron chi connectivity index (χ0n) is 21.1. The molecular weight excluding hydrogens is 537 g/mol. The van der Waals surface area contributed by atoms with Gasteiger partial charge in [0.1, 0.15) is 0 Å². The maximum absolute atomic E-state index is 13.7. The molecule has 216 valence electrons. The molecule has 0 radical (unpaired) electrons. The molecule has 38 heavy (non-hydrogen) atoms. The van der Waals surface area contributed by atoms with Gasteiger partial charge in [-0.1, -0.05) is 24.3 Å². The largest absolute Gasteiger partial charge is 0.453 e. The van der Waals surface area contributed by atoms with Crippen molar-refractivity contribution in [2.75, 3.05) is 46.4 Å². The summed E-state index contributed by atoms with van der Waals surface area (Å²) in [5.41, 5.74) is 2.74. The van der Waals surface area contributed by atoms with Gasteiger partial charge in [-0.05, 0) is 49.1 Å². The van der Waals surface area contributed by atoms with Crippen LogP contribution in [-0.4, -0.2) is 92.0 Å². The molecular formula is C24H34F5N3O5S. The molecule has 2 aliphatic rings. The third-order valence-electron chi connectivity index (χ3n) is 7.67. The van der Waals surface area contributed by atoms with Crippen molar-refractivity contribution in [3.8, 4) is 0 Å². The number of carbonyl (C=O) groups excluding carboxylic acids is 1. The molecule has 2 saturated heterocycles. The molecule has 8 nitrogen and oxygen atoms in total. The molecule has 1 aromatic rings. The molecule has 2 fully saturated rings. The molecule has 0 aliphatic carbocycles. The Bertz CT molecular complexity index is 1040. The molecule has 1 aromatic carbocycles. The van der Waals surface area contributed by atoms with Gasteiger partial charge < -0.3 is 9.64 Å². The van der Waals surface area contributed by atoms with Gasteiger partial charge in [0.05, 0.1) is 6.61 Å². The molecule has 2 N–H and O–H groups in total. The Hall–Kier alpha value is -1.87. The standard InChI is InChI=1S/C24H34F5N3O5S/c1-37-17-16-31-14-10-22(11-15-31,21(33)30-34)38(35,36)32-12-7-20(8-13-32)19-4-2-18(3-5-19)6-9-23(25,26)24(27,28)29/h2-5,20,34H,6-17H2,1H3,(H,30,33). The van der Waals surface area contributed by atoms with E-state index in [1.807, 2.05) is 4.90 Å². The van der Waals surface area contributed by atoms with Gasteiger partial charge in [0, 0.05) is 46.3 Å². The Morgan fingerprint density at radius 3 is 2.16 bits per heavy atom. The van der Waals surface area contributed by atoms with Crippen LogP contribution in [0.3, 0.4) is 0 Å². The number of hydroxylamine groups is 1. The van der Waals surface area contributed by atoms with E-state index in [2.05, 4.69) is 0 Å². The fourth-order valence-electron chi connectivity index (χ4n) is 5.14. The minimum atomic E-state index is -5.58. The number of methoxy groups -OCH3 is 1. The SMILES string of the molecule is COCCN1CCC(C(=O)NO)(S(=O)(=O)N2CCC(c3ccc(CCC(F)(F)C(F)(F)F)cc3)CC2)CC1. The average molecular weight is 572 g/mol. The van der Waals surface area contributed by atoms with Crippen LogP contribution in [0.4, 0.5) is 22.0 Å². The van der Waals surface area contributed by atoms with Crippen LogP contribution in [0.2, 0.25) is 0 Å². The molecule has 0 saturated carbocycles. The summed E-state index contributed by atoms with van der Waals surface area (Å²) in [5.74, 6) is -5.74. The molecule has 0 bridgehead atoms. The number of benzene rings is 1. The van der Waals surface area contributed by atoms with Crippen molar-refractivity contribution in [1.82, 2.24) is 14.7 Å². The number of alkyl halides is 5. The van der Waals surface area contributed by atoms with Crippen molar-refractivity contribution in [2.24, 2.45) is 0 Å². The molecule has 14 heteroatoms. The van der Waals surface area contributed by atoms with E-state index in [4.69, 9.17) is 4.74 Å². The summed E-state index contributed by atoms with van der Waals surface area (Å²) in [6.07, 6.45) is -6.40. The van der Waals surface area contributed by atoms with Crippen LogP contribution >= 0.6 is 0 Å². The van der Waals surface area contributed by atoms with Crippen molar-refractivity contribution >= 4 is 15.9 Å². The zero-order valence-corrected chi connectivity index (χ0v) is 22.0. The van der Waals surface area contributed by atoms with Gasteiger partial charge in [0.2, 0.25) is 10.0 Å². The van der Waals surface area contributed by atoms with E-state index in [0.717, 1.165) is 5.56 Å². The quantitative estimate of drug-likeness (QED) is 0.254. The monoisotopic (exact) mass is 571 g/mol. The number of carbonyl (C=O) groups is 1. The highest BCUT2D eigenvalue weighted by molar-refractivity contribution is 7.91. The molecule has 0 aromatic heterocycles. The van der Waals surface area contributed by atoms with E-state index in [1.165, 1.54) is 16.4 Å². The first kappa shape index (κ1) is 30.7. The first-order valence-electron chi connectivity index (χ1n) is 12.5. The summed E-state index contributed by atoms with van der Waals surface area (Å²) in [6.45, 7) is 2.09. The number of hydrogen-bond donors (Lipinski definition) is 2. The number of hydrogen-bond acceptors (Lipinski definition) is 6. The highest BCUT2D eigenvalue weighted by atomic mass is 32.2. The fourth-order valence-corrected chi connectivity index (χ4v) is 7.30. The number of likely N-dealkylation sites (tertiary alicyclic amines) is 1. The number of sulfonamides is 1. The van der Waals surface area contributed by atoms with E-state index >= 15 is 0 Å². The third kappa shape index (κ3) is 6.46. The van der Waals surface area contributed by atoms with Crippen LogP contribution in [0, 0.1) is 0 Å². The third-order valence-corrected chi connectivity index (χ3v) is 10.3. The Kier molecular flexibility index (Phi) is 9.77. The van der Waals surface area contributed by atoms with E-state index in [1.54, 1.807) is 24.7 Å². The highest BCUT2D eigenvalue weighted by Gasteiger charge is 2.57. The summed E-state index contributed by atoms with van der Waals surface area (Å²) < 4.78 is 95.5. The Labute approximate surface area is 219 Å². The first-order valence-corrected chi connectivity index (χ1v) is 13.9. The van der Waals surface area contributed by atoms with E-state index in [-0.39, 0.29) is 31.8 Å². The van der Waals surface area contributed by atoms with Crippen LogP contribution in [-0.2, 0) is 26.0 Å². The predicted octanol–water partition coefficient (Wildman–Crippen LogP) is 3.31. The fraction of sp³-hybridized carbons (Fsp3) is 0.708. The van der Waals surface area contributed by atoms with Gasteiger partial charge in [0.25, 0.3) is 5.91 Å². The van der Waals surface area contributed by atoms with Gasteiger partial charge in [-0.25, -0.2) is 18.2 Å². The minimum absolute atomic E-state index is 0.0280. The van der Waals surface area contributed by atoms with E-state index in [9.17, 15) is 40.4 Å². The van der Waals surface area contributed by atoms with Gasteiger partial charge in [-0.15, -0.1) is 0 Å². The van der Waals surface area contributed by atoms with Crippen LogP contribution < -0.4 is 5.48 Å². The second-order valence-electron chi connectivity index (χ2n) is 9.89. The molecule has 2 aliphatic heterocycles. The maximum Gasteiger partial charge on any atom is 0.453 e. The topological polar surface area (TPSA) is 99.2 Å². The van der Waals surface area contributed by atoms with E-state index in [0.29, 0.717) is 44.6 Å². The van der Waals surface area contributed by atoms with Crippen LogP contribution in [0.5, 0.6) is 0 Å². The van der Waals surface area contributed by atoms with Gasteiger partial charge in [0.15, 0.2) is 4.75 Å². The van der Waals surface area contributed by atoms with Gasteiger partial charge >= 0.3 is 12.1 Å². The lowest BCUT2D eigenvalue weighted by Gasteiger charge is -2.43. The van der Waals surface area contributed by atoms with Gasteiger partial charge in [-0.3, -0.25) is 10.0 Å². The first-order chi connectivity index (χ1) is 17.8. The summed E-state index contributed by atoms with van der Waals surface area (Å²) in [5, 5.41) is 9.34. The number of amides is 1. The number of aryl methyl sites for hydroxylation is 1. The second-order valence-corrected chi connectivity index (χ2v) is 12.1. The molecule has 0 atom stereocenters.